The summed E-state index contributed by atoms with van der Waals surface area (Å²) < 4.78 is 15.1. The molecule has 3 aromatic rings. The summed E-state index contributed by atoms with van der Waals surface area (Å²) >= 11 is 0. The van der Waals surface area contributed by atoms with Gasteiger partial charge in [-0.15, -0.1) is 0 Å². The topological polar surface area (TPSA) is 76.0 Å². The van der Waals surface area contributed by atoms with Crippen molar-refractivity contribution >= 4 is 23.2 Å². The number of carbonyl (C=O) groups excluding carboxylic acids is 2. The Kier molecular flexibility index (Phi) is 6.07. The molecule has 6 nitrogen and oxygen atoms in total. The van der Waals surface area contributed by atoms with E-state index in [0.29, 0.717) is 29.8 Å². The molecule has 0 unspecified atom stereocenters. The lowest BCUT2D eigenvalue weighted by Gasteiger charge is -2.09. The molecule has 2 amide bonds. The van der Waals surface area contributed by atoms with Gasteiger partial charge in [0.05, 0.1) is 5.69 Å². The van der Waals surface area contributed by atoms with Crippen LogP contribution in [0.4, 0.5) is 15.8 Å². The van der Waals surface area contributed by atoms with E-state index in [2.05, 4.69) is 15.7 Å². The molecule has 29 heavy (non-hydrogen) atoms. The molecule has 0 radical (unpaired) electrons. The quantitative estimate of drug-likeness (QED) is 0.664. The van der Waals surface area contributed by atoms with E-state index in [9.17, 15) is 14.0 Å². The zero-order valence-corrected chi connectivity index (χ0v) is 16.6. The monoisotopic (exact) mass is 394 g/mol. The lowest BCUT2D eigenvalue weighted by Crippen LogP contribution is -2.15. The van der Waals surface area contributed by atoms with E-state index in [4.69, 9.17) is 0 Å². The average molecular weight is 394 g/mol. The minimum Gasteiger partial charge on any atom is -0.326 e. The zero-order chi connectivity index (χ0) is 21.0. The molecule has 0 saturated carbocycles. The molecular formula is C22H23FN4O2. The van der Waals surface area contributed by atoms with E-state index in [1.807, 2.05) is 25.6 Å². The van der Waals surface area contributed by atoms with Crippen molar-refractivity contribution in [3.8, 4) is 0 Å². The molecular weight excluding hydrogens is 371 g/mol. The Labute approximate surface area is 168 Å². The lowest BCUT2D eigenvalue weighted by atomic mass is 10.1. The Hall–Kier alpha value is -3.48. The predicted octanol–water partition coefficient (Wildman–Crippen LogP) is 4.00. The maximum Gasteiger partial charge on any atom is 0.255 e. The van der Waals surface area contributed by atoms with Crippen LogP contribution in [0.3, 0.4) is 0 Å². The first kappa shape index (κ1) is 20.3. The Morgan fingerprint density at radius 1 is 1.03 bits per heavy atom. The summed E-state index contributed by atoms with van der Waals surface area (Å²) in [4.78, 5) is 24.7. The van der Waals surface area contributed by atoms with E-state index in [-0.39, 0.29) is 11.8 Å². The first-order valence-corrected chi connectivity index (χ1v) is 9.29. The van der Waals surface area contributed by atoms with E-state index in [0.717, 1.165) is 17.0 Å². The Morgan fingerprint density at radius 2 is 1.72 bits per heavy atom. The number of nitrogens with one attached hydrogen (secondary N) is 2. The number of amides is 2. The maximum absolute atomic E-state index is 13.3. The third-order valence-corrected chi connectivity index (χ3v) is 4.75. The van der Waals surface area contributed by atoms with Gasteiger partial charge in [-0.05, 0) is 62.2 Å². The summed E-state index contributed by atoms with van der Waals surface area (Å²) in [5.41, 5.74) is 4.31. The lowest BCUT2D eigenvalue weighted by molar-refractivity contribution is -0.116. The smallest absolute Gasteiger partial charge is 0.255 e. The van der Waals surface area contributed by atoms with Crippen molar-refractivity contribution in [2.75, 3.05) is 10.6 Å². The van der Waals surface area contributed by atoms with Crippen molar-refractivity contribution in [2.24, 2.45) is 7.05 Å². The van der Waals surface area contributed by atoms with Gasteiger partial charge in [0.15, 0.2) is 0 Å². The third-order valence-electron chi connectivity index (χ3n) is 4.75. The number of aryl methyl sites for hydroxylation is 2. The molecule has 0 bridgehead atoms. The third kappa shape index (κ3) is 5.07. The van der Waals surface area contributed by atoms with Crippen molar-refractivity contribution in [1.29, 1.82) is 0 Å². The molecule has 0 atom stereocenters. The number of halogens is 1. The molecule has 3 rings (SSSR count). The van der Waals surface area contributed by atoms with Crippen LogP contribution in [0.1, 0.15) is 33.7 Å². The van der Waals surface area contributed by atoms with Crippen molar-refractivity contribution in [2.45, 2.75) is 26.7 Å². The number of hydrogen-bond donors (Lipinski definition) is 2. The van der Waals surface area contributed by atoms with Crippen LogP contribution < -0.4 is 10.6 Å². The molecule has 0 aliphatic carbocycles. The van der Waals surface area contributed by atoms with Gasteiger partial charge in [-0.25, -0.2) is 4.39 Å². The van der Waals surface area contributed by atoms with E-state index < -0.39 is 5.82 Å². The summed E-state index contributed by atoms with van der Waals surface area (Å²) in [6.45, 7) is 3.91. The van der Waals surface area contributed by atoms with Gasteiger partial charge in [0.2, 0.25) is 5.91 Å². The Bertz CT molecular complexity index is 1060. The first-order chi connectivity index (χ1) is 13.8. The number of anilines is 2. The molecule has 0 saturated heterocycles. The highest BCUT2D eigenvalue weighted by atomic mass is 19.1. The molecule has 2 aromatic carbocycles. The largest absolute Gasteiger partial charge is 0.326 e. The van der Waals surface area contributed by atoms with Gasteiger partial charge in [0.1, 0.15) is 5.82 Å². The summed E-state index contributed by atoms with van der Waals surface area (Å²) in [7, 11) is 1.88. The van der Waals surface area contributed by atoms with Crippen LogP contribution in [0.5, 0.6) is 0 Å². The Balaban J connectivity index is 1.61. The fraction of sp³-hybridized carbons (Fsp3) is 0.227. The van der Waals surface area contributed by atoms with Crippen LogP contribution in [0, 0.1) is 19.7 Å². The highest BCUT2D eigenvalue weighted by Gasteiger charge is 2.12. The first-order valence-electron chi connectivity index (χ1n) is 9.29. The van der Waals surface area contributed by atoms with Crippen LogP contribution in [-0.4, -0.2) is 21.6 Å². The minimum absolute atomic E-state index is 0.143. The molecule has 1 aromatic heterocycles. The number of rotatable bonds is 6. The standard InChI is InChI=1S/C22H23FN4O2/c1-14-20(15(2)27(3)26-14)10-11-21(28)24-18-8-4-6-16(12-18)22(29)25-19-9-5-7-17(23)13-19/h4-9,12-13H,10-11H2,1-3H3,(H,24,28)(H,25,29). The summed E-state index contributed by atoms with van der Waals surface area (Å²) in [6.07, 6.45) is 0.907. The van der Waals surface area contributed by atoms with Crippen LogP contribution >= 0.6 is 0 Å². The van der Waals surface area contributed by atoms with Gasteiger partial charge in [-0.2, -0.15) is 5.10 Å². The number of hydrogen-bond acceptors (Lipinski definition) is 3. The van der Waals surface area contributed by atoms with Crippen molar-refractivity contribution in [1.82, 2.24) is 9.78 Å². The predicted molar refractivity (Wildman–Crippen MR) is 110 cm³/mol. The zero-order valence-electron chi connectivity index (χ0n) is 16.6. The molecule has 0 fully saturated rings. The van der Waals surface area contributed by atoms with Crippen LogP contribution in [0.25, 0.3) is 0 Å². The molecule has 7 heteroatoms. The van der Waals surface area contributed by atoms with Crippen molar-refractivity contribution in [3.05, 3.63) is 76.9 Å². The van der Waals surface area contributed by atoms with Gasteiger partial charge in [-0.3, -0.25) is 14.3 Å². The number of nitrogens with zero attached hydrogens (tertiary/aromatic N) is 2. The molecule has 150 valence electrons. The number of benzene rings is 2. The van der Waals surface area contributed by atoms with Crippen molar-refractivity contribution < 1.29 is 14.0 Å². The molecule has 0 spiro atoms. The number of carbonyl (C=O) groups is 2. The second kappa shape index (κ2) is 8.68. The maximum atomic E-state index is 13.3. The van der Waals surface area contributed by atoms with E-state index in [1.54, 1.807) is 30.3 Å². The van der Waals surface area contributed by atoms with Crippen LogP contribution in [0.15, 0.2) is 48.5 Å². The summed E-state index contributed by atoms with van der Waals surface area (Å²) in [6, 6.07) is 12.3. The van der Waals surface area contributed by atoms with Crippen molar-refractivity contribution in [3.63, 3.8) is 0 Å². The van der Waals surface area contributed by atoms with Gasteiger partial charge >= 0.3 is 0 Å². The SMILES string of the molecule is Cc1nn(C)c(C)c1CCC(=O)Nc1cccc(C(=O)Nc2cccc(F)c2)c1. The van der Waals surface area contributed by atoms with Gasteiger partial charge < -0.3 is 10.6 Å². The summed E-state index contributed by atoms with van der Waals surface area (Å²) in [5.74, 6) is -0.952. The molecule has 2 N–H and O–H groups in total. The fourth-order valence-electron chi connectivity index (χ4n) is 3.15. The molecule has 1 heterocycles. The van der Waals surface area contributed by atoms with Gasteiger partial charge in [-0.1, -0.05) is 12.1 Å². The average Bonchev–Trinajstić information content (AvgIpc) is 2.92. The molecule has 0 aliphatic rings. The second-order valence-electron chi connectivity index (χ2n) is 6.87. The summed E-state index contributed by atoms with van der Waals surface area (Å²) in [5, 5.41) is 9.82. The normalized spacial score (nSPS) is 10.6. The van der Waals surface area contributed by atoms with Gasteiger partial charge in [0.25, 0.3) is 5.91 Å². The van der Waals surface area contributed by atoms with Gasteiger partial charge in [0, 0.05) is 36.1 Å². The van der Waals surface area contributed by atoms with E-state index in [1.165, 1.54) is 18.2 Å². The highest BCUT2D eigenvalue weighted by Crippen LogP contribution is 2.17. The van der Waals surface area contributed by atoms with E-state index >= 15 is 0 Å². The second-order valence-corrected chi connectivity index (χ2v) is 6.87. The minimum atomic E-state index is -0.428. The van der Waals surface area contributed by atoms with Crippen LogP contribution in [0.2, 0.25) is 0 Å². The highest BCUT2D eigenvalue weighted by molar-refractivity contribution is 6.05. The fourth-order valence-corrected chi connectivity index (χ4v) is 3.15. The Morgan fingerprint density at radius 3 is 2.38 bits per heavy atom. The van der Waals surface area contributed by atoms with Crippen LogP contribution in [-0.2, 0) is 18.3 Å². The molecule has 0 aliphatic heterocycles. The number of aromatic nitrogens is 2.